The first-order valence-electron chi connectivity index (χ1n) is 6.62. The Morgan fingerprint density at radius 3 is 2.22 bits per heavy atom. The maximum Gasteiger partial charge on any atom is 0.0153 e. The van der Waals surface area contributed by atoms with E-state index < -0.39 is 0 Å². The molecule has 1 heteroatoms. The second kappa shape index (κ2) is 4.58. The van der Waals surface area contributed by atoms with Gasteiger partial charge in [-0.1, -0.05) is 60.7 Å². The normalized spacial score (nSPS) is 25.9. The van der Waals surface area contributed by atoms with Gasteiger partial charge in [0.2, 0.25) is 0 Å². The van der Waals surface area contributed by atoms with Gasteiger partial charge in [-0.3, -0.25) is 0 Å². The lowest BCUT2D eigenvalue weighted by Gasteiger charge is -2.18. The van der Waals surface area contributed by atoms with Gasteiger partial charge in [-0.2, -0.15) is 0 Å². The van der Waals surface area contributed by atoms with Gasteiger partial charge in [0.15, 0.2) is 0 Å². The molecule has 0 radical (unpaired) electrons. The summed E-state index contributed by atoms with van der Waals surface area (Å²) in [5.41, 5.74) is 3.24. The van der Waals surface area contributed by atoms with Crippen LogP contribution in [0.3, 0.4) is 0 Å². The second-order valence-corrected chi connectivity index (χ2v) is 5.22. The molecule has 3 rings (SSSR count). The van der Waals surface area contributed by atoms with Crippen molar-refractivity contribution in [2.45, 2.75) is 17.8 Å². The Morgan fingerprint density at radius 2 is 1.61 bits per heavy atom. The summed E-state index contributed by atoms with van der Waals surface area (Å²) in [5, 5.41) is 3.37. The lowest BCUT2D eigenvalue weighted by atomic mass is 9.90. The van der Waals surface area contributed by atoms with Crippen molar-refractivity contribution < 1.29 is 0 Å². The van der Waals surface area contributed by atoms with Crippen LogP contribution < -0.4 is 5.32 Å². The number of hydrogen-bond acceptors (Lipinski definition) is 1. The van der Waals surface area contributed by atoms with Gasteiger partial charge in [-0.05, 0) is 30.5 Å². The van der Waals surface area contributed by atoms with Crippen LogP contribution in [0.1, 0.15) is 23.5 Å². The van der Waals surface area contributed by atoms with E-state index >= 15 is 0 Å². The molecule has 0 amide bonds. The van der Waals surface area contributed by atoms with Crippen molar-refractivity contribution in [1.29, 1.82) is 0 Å². The predicted octanol–water partition coefficient (Wildman–Crippen LogP) is 3.33. The van der Waals surface area contributed by atoms with E-state index in [2.05, 4.69) is 66.0 Å². The van der Waals surface area contributed by atoms with Crippen molar-refractivity contribution in [3.63, 3.8) is 0 Å². The van der Waals surface area contributed by atoms with E-state index in [0.717, 1.165) is 6.54 Å². The summed E-state index contributed by atoms with van der Waals surface area (Å²) in [6.07, 6.45) is 1.25. The van der Waals surface area contributed by atoms with Crippen molar-refractivity contribution in [1.82, 2.24) is 5.32 Å². The summed E-state index contributed by atoms with van der Waals surface area (Å²) >= 11 is 0. The third-order valence-corrected chi connectivity index (χ3v) is 4.12. The molecule has 0 heterocycles. The fraction of sp³-hybridized carbons (Fsp3) is 0.294. The zero-order chi connectivity index (χ0) is 12.4. The van der Waals surface area contributed by atoms with E-state index in [4.69, 9.17) is 0 Å². The van der Waals surface area contributed by atoms with Gasteiger partial charge in [0.25, 0.3) is 0 Å². The summed E-state index contributed by atoms with van der Waals surface area (Å²) < 4.78 is 0. The highest BCUT2D eigenvalue weighted by Gasteiger charge is 2.55. The summed E-state index contributed by atoms with van der Waals surface area (Å²) in [4.78, 5) is 0. The minimum absolute atomic E-state index is 0.303. The summed E-state index contributed by atoms with van der Waals surface area (Å²) in [6, 6.07) is 21.8. The summed E-state index contributed by atoms with van der Waals surface area (Å²) in [5.74, 6) is 0.661. The molecule has 92 valence electrons. The van der Waals surface area contributed by atoms with E-state index in [0.29, 0.717) is 11.3 Å². The highest BCUT2D eigenvalue weighted by atomic mass is 14.9. The molecule has 0 unspecified atom stereocenters. The number of rotatable bonds is 4. The van der Waals surface area contributed by atoms with Gasteiger partial charge < -0.3 is 5.32 Å². The van der Waals surface area contributed by atoms with E-state index in [-0.39, 0.29) is 0 Å². The predicted molar refractivity (Wildman–Crippen MR) is 75.8 cm³/mol. The molecule has 0 saturated heterocycles. The van der Waals surface area contributed by atoms with Crippen LogP contribution in [0.25, 0.3) is 0 Å². The molecule has 0 aliphatic heterocycles. The molecule has 1 nitrogen and oxygen atoms in total. The van der Waals surface area contributed by atoms with Gasteiger partial charge in [0.05, 0.1) is 0 Å². The minimum atomic E-state index is 0.303. The first-order chi connectivity index (χ1) is 8.87. The van der Waals surface area contributed by atoms with Crippen LogP contribution in [-0.2, 0) is 5.41 Å². The molecule has 18 heavy (non-hydrogen) atoms. The van der Waals surface area contributed by atoms with Crippen LogP contribution in [0, 0.1) is 0 Å². The first-order valence-corrected chi connectivity index (χ1v) is 6.62. The van der Waals surface area contributed by atoms with Crippen LogP contribution >= 0.6 is 0 Å². The zero-order valence-corrected chi connectivity index (χ0v) is 10.8. The zero-order valence-electron chi connectivity index (χ0n) is 10.8. The molecule has 0 spiro atoms. The minimum Gasteiger partial charge on any atom is -0.319 e. The molecule has 0 aromatic heterocycles. The Morgan fingerprint density at radius 1 is 1.00 bits per heavy atom. The van der Waals surface area contributed by atoms with Crippen LogP contribution in [0.2, 0.25) is 0 Å². The molecule has 1 aliphatic rings. The average molecular weight is 237 g/mol. The summed E-state index contributed by atoms with van der Waals surface area (Å²) in [7, 11) is 2.05. The van der Waals surface area contributed by atoms with Crippen molar-refractivity contribution in [3.8, 4) is 0 Å². The van der Waals surface area contributed by atoms with Crippen LogP contribution in [0.4, 0.5) is 0 Å². The number of likely N-dealkylation sites (N-methyl/N-ethyl adjacent to an activating group) is 1. The van der Waals surface area contributed by atoms with Crippen molar-refractivity contribution in [3.05, 3.63) is 71.8 Å². The molecule has 1 N–H and O–H groups in total. The lowest BCUT2D eigenvalue weighted by Crippen LogP contribution is -2.25. The molecule has 0 bridgehead atoms. The quantitative estimate of drug-likeness (QED) is 0.860. The molecule has 1 aliphatic carbocycles. The van der Waals surface area contributed by atoms with Gasteiger partial charge in [0, 0.05) is 12.0 Å². The maximum absolute atomic E-state index is 3.37. The monoisotopic (exact) mass is 237 g/mol. The van der Waals surface area contributed by atoms with Crippen molar-refractivity contribution in [2.75, 3.05) is 13.6 Å². The third-order valence-electron chi connectivity index (χ3n) is 4.12. The topological polar surface area (TPSA) is 12.0 Å². The van der Waals surface area contributed by atoms with Crippen LogP contribution in [0.15, 0.2) is 60.7 Å². The number of nitrogens with one attached hydrogen (secondary N) is 1. The maximum atomic E-state index is 3.37. The largest absolute Gasteiger partial charge is 0.319 e. The second-order valence-electron chi connectivity index (χ2n) is 5.22. The van der Waals surface area contributed by atoms with Gasteiger partial charge in [-0.15, -0.1) is 0 Å². The van der Waals surface area contributed by atoms with E-state index in [9.17, 15) is 0 Å². The molecule has 2 aromatic carbocycles. The molecular formula is C17H19N. The Hall–Kier alpha value is -1.60. The van der Waals surface area contributed by atoms with E-state index in [1.807, 2.05) is 7.05 Å². The first kappa shape index (κ1) is 11.5. The average Bonchev–Trinajstić information content (AvgIpc) is 3.17. The standard InChI is InChI=1S/C17H19N/c1-18-13-17(15-10-6-3-7-11-15)12-16(17)14-8-4-2-5-9-14/h2-11,16,18H,12-13H2,1H3/t16-,17-/m1/s1. The fourth-order valence-corrected chi connectivity index (χ4v) is 3.13. The lowest BCUT2D eigenvalue weighted by molar-refractivity contribution is 0.605. The Balaban J connectivity index is 1.93. The van der Waals surface area contributed by atoms with Crippen LogP contribution in [-0.4, -0.2) is 13.6 Å². The molecule has 2 atom stereocenters. The fourth-order valence-electron chi connectivity index (χ4n) is 3.13. The Bertz CT molecular complexity index is 506. The van der Waals surface area contributed by atoms with E-state index in [1.54, 1.807) is 0 Å². The third kappa shape index (κ3) is 1.85. The smallest absolute Gasteiger partial charge is 0.0153 e. The molecule has 2 aromatic rings. The summed E-state index contributed by atoms with van der Waals surface area (Å²) in [6.45, 7) is 1.05. The molecule has 1 saturated carbocycles. The van der Waals surface area contributed by atoms with Crippen molar-refractivity contribution in [2.24, 2.45) is 0 Å². The number of benzene rings is 2. The van der Waals surface area contributed by atoms with E-state index in [1.165, 1.54) is 17.5 Å². The highest BCUT2D eigenvalue weighted by molar-refractivity contribution is 5.43. The SMILES string of the molecule is CNC[C@@]1(c2ccccc2)C[C@@H]1c1ccccc1. The van der Waals surface area contributed by atoms with Crippen LogP contribution in [0.5, 0.6) is 0 Å². The van der Waals surface area contributed by atoms with Crippen molar-refractivity contribution >= 4 is 0 Å². The van der Waals surface area contributed by atoms with Gasteiger partial charge in [-0.25, -0.2) is 0 Å². The molecular weight excluding hydrogens is 218 g/mol. The van der Waals surface area contributed by atoms with Gasteiger partial charge in [0.1, 0.15) is 0 Å². The van der Waals surface area contributed by atoms with Gasteiger partial charge >= 0.3 is 0 Å². The molecule has 1 fully saturated rings. The number of hydrogen-bond donors (Lipinski definition) is 1. The Labute approximate surface area is 109 Å². The Kier molecular flexibility index (Phi) is 2.92. The highest BCUT2D eigenvalue weighted by Crippen LogP contribution is 2.59.